The molecule has 0 bridgehead atoms. The normalized spacial score (nSPS) is 11.5. The fourth-order valence-corrected chi connectivity index (χ4v) is 6.71. The number of hydrogen-bond acceptors (Lipinski definition) is 0. The minimum Gasteiger partial charge on any atom is -0.207 e. The zero-order chi connectivity index (χ0) is 17.2. The lowest BCUT2D eigenvalue weighted by Gasteiger charge is -2.25. The second kappa shape index (κ2) is 6.87. The molecule has 0 N–H and O–H groups in total. The summed E-state index contributed by atoms with van der Waals surface area (Å²) in [6, 6.07) is 24.8. The molecule has 24 heavy (non-hydrogen) atoms. The van der Waals surface area contributed by atoms with E-state index in [1.165, 1.54) is 16.2 Å². The van der Waals surface area contributed by atoms with Gasteiger partial charge in [0, 0.05) is 0 Å². The molecule has 0 nitrogen and oxygen atoms in total. The van der Waals surface area contributed by atoms with Gasteiger partial charge in [-0.15, -0.1) is 0 Å². The SMILES string of the molecule is Cc1ccc(F)c(C)c1C[P+](C)(c1ccccc1)c1ccccc1. The maximum absolute atomic E-state index is 14.2. The van der Waals surface area contributed by atoms with Crippen molar-refractivity contribution in [1.82, 2.24) is 0 Å². The molecule has 0 radical (unpaired) electrons. The number of aryl methyl sites for hydroxylation is 1. The Kier molecular flexibility index (Phi) is 4.83. The average Bonchev–Trinajstić information content (AvgIpc) is 2.63. The zero-order valence-corrected chi connectivity index (χ0v) is 15.4. The molecular formula is C22H23FP+. The van der Waals surface area contributed by atoms with E-state index >= 15 is 0 Å². The van der Waals surface area contributed by atoms with Gasteiger partial charge in [0.2, 0.25) is 0 Å². The minimum atomic E-state index is -1.64. The molecule has 3 rings (SSSR count). The van der Waals surface area contributed by atoms with Gasteiger partial charge in [-0.05, 0) is 60.9 Å². The number of halogens is 1. The molecule has 0 atom stereocenters. The lowest BCUT2D eigenvalue weighted by molar-refractivity contribution is 0.616. The lowest BCUT2D eigenvalue weighted by atomic mass is 10.0. The van der Waals surface area contributed by atoms with E-state index in [1.54, 1.807) is 6.07 Å². The van der Waals surface area contributed by atoms with Crippen molar-refractivity contribution < 1.29 is 4.39 Å². The monoisotopic (exact) mass is 337 g/mol. The highest BCUT2D eigenvalue weighted by Gasteiger charge is 2.38. The minimum absolute atomic E-state index is 0.108. The van der Waals surface area contributed by atoms with Crippen LogP contribution in [0.2, 0.25) is 0 Å². The first-order valence-electron chi connectivity index (χ1n) is 8.24. The standard InChI is InChI=1S/C22H23FP/c1-17-14-15-22(23)18(2)21(17)16-24(3,19-10-6-4-7-11-19)20-12-8-5-9-13-20/h4-15H,16H2,1-3H3/q+1. The van der Waals surface area contributed by atoms with Crippen molar-refractivity contribution >= 4 is 17.9 Å². The van der Waals surface area contributed by atoms with Gasteiger partial charge in [0.25, 0.3) is 0 Å². The van der Waals surface area contributed by atoms with Crippen molar-refractivity contribution in [3.05, 3.63) is 95.3 Å². The Hall–Kier alpha value is -1.98. The van der Waals surface area contributed by atoms with E-state index < -0.39 is 7.26 Å². The molecule has 0 aliphatic heterocycles. The molecular weight excluding hydrogens is 314 g/mol. The second-order valence-corrected chi connectivity index (χ2v) is 10.2. The Morgan fingerprint density at radius 1 is 0.750 bits per heavy atom. The maximum Gasteiger partial charge on any atom is 0.126 e. The average molecular weight is 337 g/mol. The van der Waals surface area contributed by atoms with E-state index in [2.05, 4.69) is 74.3 Å². The van der Waals surface area contributed by atoms with Crippen LogP contribution in [0, 0.1) is 19.7 Å². The molecule has 3 aromatic rings. The predicted octanol–water partition coefficient (Wildman–Crippen LogP) is 5.24. The largest absolute Gasteiger partial charge is 0.207 e. The summed E-state index contributed by atoms with van der Waals surface area (Å²) in [5.74, 6) is -0.108. The summed E-state index contributed by atoms with van der Waals surface area (Å²) >= 11 is 0. The zero-order valence-electron chi connectivity index (χ0n) is 14.5. The Labute approximate surface area is 144 Å². The van der Waals surface area contributed by atoms with E-state index in [0.717, 1.165) is 17.3 Å². The Morgan fingerprint density at radius 2 is 1.25 bits per heavy atom. The van der Waals surface area contributed by atoms with Gasteiger partial charge in [0.05, 0.1) is 30.7 Å². The van der Waals surface area contributed by atoms with Crippen LogP contribution < -0.4 is 10.6 Å². The highest BCUT2D eigenvalue weighted by atomic mass is 31.2. The first-order valence-corrected chi connectivity index (χ1v) is 10.7. The molecule has 0 unspecified atom stereocenters. The third-order valence-corrected chi connectivity index (χ3v) is 8.72. The Bertz CT molecular complexity index is 786. The summed E-state index contributed by atoms with van der Waals surface area (Å²) in [7, 11) is -1.64. The molecule has 2 heteroatoms. The van der Waals surface area contributed by atoms with Gasteiger partial charge in [-0.3, -0.25) is 0 Å². The van der Waals surface area contributed by atoms with E-state index in [1.807, 2.05) is 13.0 Å². The molecule has 0 saturated heterocycles. The van der Waals surface area contributed by atoms with Gasteiger partial charge in [0.1, 0.15) is 5.82 Å². The number of hydrogen-bond donors (Lipinski definition) is 0. The summed E-state index contributed by atoms with van der Waals surface area (Å²) in [6.45, 7) is 6.35. The Balaban J connectivity index is 2.16. The molecule has 0 amide bonds. The molecule has 0 spiro atoms. The number of benzene rings is 3. The summed E-state index contributed by atoms with van der Waals surface area (Å²) in [6.07, 6.45) is 0.885. The van der Waals surface area contributed by atoms with Gasteiger partial charge >= 0.3 is 0 Å². The first-order chi connectivity index (χ1) is 11.5. The van der Waals surface area contributed by atoms with Gasteiger partial charge in [0.15, 0.2) is 0 Å². The highest BCUT2D eigenvalue weighted by molar-refractivity contribution is 7.88. The van der Waals surface area contributed by atoms with E-state index in [0.29, 0.717) is 0 Å². The lowest BCUT2D eigenvalue weighted by Crippen LogP contribution is -2.23. The van der Waals surface area contributed by atoms with Crippen LogP contribution in [0.25, 0.3) is 0 Å². The smallest absolute Gasteiger partial charge is 0.126 e. The molecule has 122 valence electrons. The van der Waals surface area contributed by atoms with Gasteiger partial charge in [-0.1, -0.05) is 42.5 Å². The highest BCUT2D eigenvalue weighted by Crippen LogP contribution is 2.56. The van der Waals surface area contributed by atoms with Crippen LogP contribution in [0.3, 0.4) is 0 Å². The summed E-state index contributed by atoms with van der Waals surface area (Å²) < 4.78 is 14.2. The van der Waals surface area contributed by atoms with E-state index in [-0.39, 0.29) is 5.82 Å². The van der Waals surface area contributed by atoms with Crippen LogP contribution in [0.1, 0.15) is 16.7 Å². The quantitative estimate of drug-likeness (QED) is 0.571. The Morgan fingerprint density at radius 3 is 1.75 bits per heavy atom. The summed E-state index contributed by atoms with van der Waals surface area (Å²) in [5.41, 5.74) is 3.11. The van der Waals surface area contributed by atoms with Crippen LogP contribution in [-0.4, -0.2) is 6.66 Å². The maximum atomic E-state index is 14.2. The molecule has 0 aromatic heterocycles. The van der Waals surface area contributed by atoms with Gasteiger partial charge in [-0.25, -0.2) is 4.39 Å². The number of rotatable bonds is 4. The molecule has 0 aliphatic rings. The van der Waals surface area contributed by atoms with Crippen molar-refractivity contribution in [1.29, 1.82) is 0 Å². The van der Waals surface area contributed by atoms with Crippen molar-refractivity contribution in [2.75, 3.05) is 6.66 Å². The van der Waals surface area contributed by atoms with Crippen LogP contribution in [0.5, 0.6) is 0 Å². The third kappa shape index (κ3) is 3.14. The molecule has 0 aliphatic carbocycles. The van der Waals surface area contributed by atoms with Crippen molar-refractivity contribution in [2.24, 2.45) is 0 Å². The first kappa shape index (κ1) is 16.9. The van der Waals surface area contributed by atoms with Crippen LogP contribution in [0.4, 0.5) is 4.39 Å². The van der Waals surface area contributed by atoms with Crippen molar-refractivity contribution in [3.8, 4) is 0 Å². The topological polar surface area (TPSA) is 0 Å². The van der Waals surface area contributed by atoms with E-state index in [4.69, 9.17) is 0 Å². The molecule has 0 heterocycles. The summed E-state index contributed by atoms with van der Waals surface area (Å²) in [4.78, 5) is 0. The van der Waals surface area contributed by atoms with Crippen LogP contribution in [0.15, 0.2) is 72.8 Å². The summed E-state index contributed by atoms with van der Waals surface area (Å²) in [5, 5.41) is 2.72. The second-order valence-electron chi connectivity index (χ2n) is 6.49. The fraction of sp³-hybridized carbons (Fsp3) is 0.182. The van der Waals surface area contributed by atoms with Crippen LogP contribution >= 0.6 is 7.26 Å². The van der Waals surface area contributed by atoms with Crippen molar-refractivity contribution in [2.45, 2.75) is 20.0 Å². The van der Waals surface area contributed by atoms with Gasteiger partial charge in [-0.2, -0.15) is 0 Å². The predicted molar refractivity (Wildman–Crippen MR) is 105 cm³/mol. The van der Waals surface area contributed by atoms with Gasteiger partial charge < -0.3 is 0 Å². The molecule has 0 fully saturated rings. The van der Waals surface area contributed by atoms with E-state index in [9.17, 15) is 4.39 Å². The fourth-order valence-electron chi connectivity index (χ4n) is 3.27. The molecule has 0 saturated carbocycles. The van der Waals surface area contributed by atoms with Crippen molar-refractivity contribution in [3.63, 3.8) is 0 Å². The molecule has 3 aromatic carbocycles. The third-order valence-electron chi connectivity index (χ3n) is 4.89. The van der Waals surface area contributed by atoms with Crippen LogP contribution in [-0.2, 0) is 6.16 Å².